The van der Waals surface area contributed by atoms with Gasteiger partial charge in [-0.15, -0.1) is 0 Å². The number of nitrogens with zero attached hydrogens (tertiary/aromatic N) is 1. The Kier molecular flexibility index (Phi) is 7.56. The van der Waals surface area contributed by atoms with Crippen LogP contribution in [0.2, 0.25) is 5.15 Å². The van der Waals surface area contributed by atoms with Gasteiger partial charge in [0, 0.05) is 6.20 Å². The Morgan fingerprint density at radius 1 is 1.21 bits per heavy atom. The Morgan fingerprint density at radius 3 is 2.21 bits per heavy atom. The molecule has 1 heterocycles. The number of hydrogen-bond donors (Lipinski definition) is 2. The molecule has 1 aromatic carbocycles. The fourth-order valence-corrected chi connectivity index (χ4v) is 1.43. The minimum absolute atomic E-state index is 0. The molecule has 0 amide bonds. The lowest BCUT2D eigenvalue weighted by atomic mass is 10.3. The molecule has 0 fully saturated rings. The predicted molar refractivity (Wildman–Crippen MR) is 78.7 cm³/mol. The first-order valence-electron chi connectivity index (χ1n) is 4.86. The number of nitrogen functional groups attached to an aromatic ring is 1. The summed E-state index contributed by atoms with van der Waals surface area (Å²) in [6.07, 6.45) is 1.49. The van der Waals surface area contributed by atoms with Gasteiger partial charge in [-0.05, 0) is 35.9 Å². The van der Waals surface area contributed by atoms with Crippen molar-refractivity contribution >= 4 is 34.1 Å². The summed E-state index contributed by atoms with van der Waals surface area (Å²) >= 11 is 10.6. The first kappa shape index (κ1) is 17.2. The van der Waals surface area contributed by atoms with E-state index in [1.165, 1.54) is 12.3 Å². The van der Waals surface area contributed by atoms with Gasteiger partial charge in [-0.3, -0.25) is 4.79 Å². The molecule has 0 saturated carbocycles. The van der Waals surface area contributed by atoms with Crippen LogP contribution in [0.25, 0.3) is 0 Å². The lowest BCUT2D eigenvalue weighted by Gasteiger charge is -1.92. The molecule has 0 spiro atoms. The van der Waals surface area contributed by atoms with E-state index in [1.54, 1.807) is 30.3 Å². The topological polar surface area (TPSA) is 76.2 Å². The predicted octanol–water partition coefficient (Wildman–Crippen LogP) is 3.72. The number of anilines is 1. The Bertz CT molecular complexity index is 527. The van der Waals surface area contributed by atoms with Gasteiger partial charge in [0.05, 0.1) is 11.3 Å². The molecule has 0 aliphatic carbocycles. The van der Waals surface area contributed by atoms with Crippen LogP contribution in [0.4, 0.5) is 5.69 Å². The zero-order chi connectivity index (χ0) is 13.5. The van der Waals surface area contributed by atoms with E-state index < -0.39 is 5.24 Å². The molecule has 4 nitrogen and oxygen atoms in total. The number of aromatic nitrogens is 1. The molecule has 1 aromatic heterocycles. The molecule has 19 heavy (non-hydrogen) atoms. The fraction of sp³-hybridized carbons (Fsp3) is 0.0769. The van der Waals surface area contributed by atoms with Gasteiger partial charge in [0.25, 0.3) is 5.24 Å². The second-order valence-electron chi connectivity index (χ2n) is 3.17. The largest absolute Gasteiger partial charge is 0.506 e. The second kappa shape index (κ2) is 8.34. The summed E-state index contributed by atoms with van der Waals surface area (Å²) in [5, 5.41) is 8.35. The number of pyridine rings is 1. The molecule has 0 aliphatic rings. The summed E-state index contributed by atoms with van der Waals surface area (Å²) in [6, 6.07) is 9.82. The van der Waals surface area contributed by atoms with E-state index >= 15 is 0 Å². The number of rotatable bonds is 1. The highest BCUT2D eigenvalue weighted by Gasteiger charge is 2.05. The Balaban J connectivity index is 0.000000331. The summed E-state index contributed by atoms with van der Waals surface area (Å²) in [6.45, 7) is 0. The summed E-state index contributed by atoms with van der Waals surface area (Å²) in [5.41, 5.74) is 5.93. The lowest BCUT2D eigenvalue weighted by molar-refractivity contribution is 0.108. The van der Waals surface area contributed by atoms with Crippen LogP contribution in [0.1, 0.15) is 17.8 Å². The van der Waals surface area contributed by atoms with E-state index in [0.717, 1.165) is 0 Å². The third kappa shape index (κ3) is 5.59. The van der Waals surface area contributed by atoms with Crippen LogP contribution in [0.5, 0.6) is 5.75 Å². The number of halogens is 2. The quantitative estimate of drug-likeness (QED) is 0.364. The number of phenols is 1. The first-order chi connectivity index (χ1) is 8.52. The summed E-state index contributed by atoms with van der Waals surface area (Å²) in [4.78, 5) is 14.2. The van der Waals surface area contributed by atoms with Crippen molar-refractivity contribution in [1.29, 1.82) is 0 Å². The van der Waals surface area contributed by atoms with Crippen LogP contribution in [-0.2, 0) is 0 Å². The number of benzene rings is 1. The van der Waals surface area contributed by atoms with E-state index in [2.05, 4.69) is 4.98 Å². The third-order valence-electron chi connectivity index (χ3n) is 1.91. The zero-order valence-electron chi connectivity index (χ0n) is 9.18. The van der Waals surface area contributed by atoms with Crippen LogP contribution >= 0.6 is 23.2 Å². The van der Waals surface area contributed by atoms with E-state index in [1.807, 2.05) is 0 Å². The van der Waals surface area contributed by atoms with Crippen molar-refractivity contribution in [3.8, 4) is 5.75 Å². The monoisotopic (exact) mass is 300 g/mol. The maximum atomic E-state index is 10.5. The number of nitrogens with two attached hydrogens (primary N) is 1. The number of carbonyl (C=O) groups is 1. The molecular formula is C13H14Cl2N2O2. The summed E-state index contributed by atoms with van der Waals surface area (Å²) < 4.78 is 0. The average molecular weight is 301 g/mol. The van der Waals surface area contributed by atoms with Gasteiger partial charge in [-0.25, -0.2) is 4.98 Å². The number of carbonyl (C=O) groups excluding carboxylic acids is 1. The van der Waals surface area contributed by atoms with Crippen LogP contribution in [0.15, 0.2) is 42.6 Å². The highest BCUT2D eigenvalue weighted by atomic mass is 35.5. The van der Waals surface area contributed by atoms with Crippen LogP contribution in [0, 0.1) is 0 Å². The van der Waals surface area contributed by atoms with Crippen molar-refractivity contribution in [3.63, 3.8) is 0 Å². The highest BCUT2D eigenvalue weighted by Crippen LogP contribution is 2.16. The third-order valence-corrected chi connectivity index (χ3v) is 2.41. The lowest BCUT2D eigenvalue weighted by Crippen LogP contribution is -1.90. The van der Waals surface area contributed by atoms with Gasteiger partial charge < -0.3 is 10.8 Å². The number of hydrogen-bond acceptors (Lipinski definition) is 4. The van der Waals surface area contributed by atoms with E-state index in [0.29, 0.717) is 5.69 Å². The Hall–Kier alpha value is -1.78. The average Bonchev–Trinajstić information content (AvgIpc) is 2.34. The van der Waals surface area contributed by atoms with Gasteiger partial charge in [-0.2, -0.15) is 0 Å². The van der Waals surface area contributed by atoms with Crippen molar-refractivity contribution in [1.82, 2.24) is 4.98 Å². The summed E-state index contributed by atoms with van der Waals surface area (Å²) in [7, 11) is 0. The molecular weight excluding hydrogens is 287 g/mol. The van der Waals surface area contributed by atoms with Crippen molar-refractivity contribution in [3.05, 3.63) is 53.3 Å². The van der Waals surface area contributed by atoms with Gasteiger partial charge >= 0.3 is 0 Å². The van der Waals surface area contributed by atoms with Gasteiger partial charge in [-0.1, -0.05) is 31.2 Å². The molecule has 0 atom stereocenters. The Morgan fingerprint density at radius 2 is 1.84 bits per heavy atom. The molecule has 2 aromatic rings. The van der Waals surface area contributed by atoms with Crippen LogP contribution in [-0.4, -0.2) is 15.3 Å². The molecule has 0 bridgehead atoms. The van der Waals surface area contributed by atoms with Gasteiger partial charge in [0.2, 0.25) is 0 Å². The van der Waals surface area contributed by atoms with Crippen molar-refractivity contribution < 1.29 is 9.90 Å². The number of aromatic hydroxyl groups is 1. The number of para-hydroxylation sites is 2. The standard InChI is InChI=1S/C6H3Cl2NO.C6H7NO.CH4/c7-5-4(6(8)10)2-1-3-9-5;7-5-3-1-2-4-6(5)8;/h1-3H;1-4,8H,7H2;1H4. The summed E-state index contributed by atoms with van der Waals surface area (Å²) in [5.74, 6) is 0.146. The molecule has 0 aliphatic heterocycles. The molecule has 2 rings (SSSR count). The normalized spacial score (nSPS) is 8.74. The van der Waals surface area contributed by atoms with Gasteiger partial charge in [0.1, 0.15) is 10.9 Å². The fourth-order valence-electron chi connectivity index (χ4n) is 1.02. The maximum absolute atomic E-state index is 10.5. The van der Waals surface area contributed by atoms with Crippen molar-refractivity contribution in [2.24, 2.45) is 0 Å². The van der Waals surface area contributed by atoms with E-state index in [-0.39, 0.29) is 23.9 Å². The Labute approximate surface area is 121 Å². The van der Waals surface area contributed by atoms with Crippen molar-refractivity contribution in [2.75, 3.05) is 5.73 Å². The van der Waals surface area contributed by atoms with Crippen LogP contribution < -0.4 is 5.73 Å². The molecule has 6 heteroatoms. The first-order valence-corrected chi connectivity index (χ1v) is 5.61. The molecule has 3 N–H and O–H groups in total. The zero-order valence-corrected chi connectivity index (χ0v) is 10.7. The minimum Gasteiger partial charge on any atom is -0.506 e. The second-order valence-corrected chi connectivity index (χ2v) is 3.88. The highest BCUT2D eigenvalue weighted by molar-refractivity contribution is 6.68. The maximum Gasteiger partial charge on any atom is 0.255 e. The van der Waals surface area contributed by atoms with Crippen LogP contribution in [0.3, 0.4) is 0 Å². The number of phenolic OH excluding ortho intramolecular Hbond substituents is 1. The van der Waals surface area contributed by atoms with E-state index in [4.69, 9.17) is 34.0 Å². The molecule has 102 valence electrons. The van der Waals surface area contributed by atoms with Gasteiger partial charge in [0.15, 0.2) is 0 Å². The molecule has 0 unspecified atom stereocenters. The molecule has 0 saturated heterocycles. The van der Waals surface area contributed by atoms with Crippen molar-refractivity contribution in [2.45, 2.75) is 7.43 Å². The SMILES string of the molecule is C.Nc1ccccc1O.O=C(Cl)c1cccnc1Cl. The smallest absolute Gasteiger partial charge is 0.255 e. The minimum atomic E-state index is -0.585. The molecule has 0 radical (unpaired) electrons. The van der Waals surface area contributed by atoms with E-state index in [9.17, 15) is 4.79 Å².